The first-order valence-corrected chi connectivity index (χ1v) is 9.07. The summed E-state index contributed by atoms with van der Waals surface area (Å²) < 4.78 is 0. The van der Waals surface area contributed by atoms with Crippen molar-refractivity contribution in [2.45, 2.75) is 6.04 Å². The van der Waals surface area contributed by atoms with Gasteiger partial charge in [-0.2, -0.15) is 0 Å². The van der Waals surface area contributed by atoms with Gasteiger partial charge < -0.3 is 20.4 Å². The van der Waals surface area contributed by atoms with Gasteiger partial charge >= 0.3 is 0 Å². The summed E-state index contributed by atoms with van der Waals surface area (Å²) in [5.41, 5.74) is 1.74. The van der Waals surface area contributed by atoms with Gasteiger partial charge in [0.2, 0.25) is 0 Å². The van der Waals surface area contributed by atoms with Crippen LogP contribution in [0.4, 0.5) is 5.82 Å². The minimum absolute atomic E-state index is 0.122. The number of benzene rings is 1. The largest absolute Gasteiger partial charge is 0.353 e. The number of nitrogens with zero attached hydrogens (tertiary/aromatic N) is 3. The summed E-state index contributed by atoms with van der Waals surface area (Å²) in [7, 11) is 3.97. The second kappa shape index (κ2) is 8.78. The third-order valence-electron chi connectivity index (χ3n) is 4.51. The third-order valence-corrected chi connectivity index (χ3v) is 4.51. The van der Waals surface area contributed by atoms with E-state index >= 15 is 0 Å². The van der Waals surface area contributed by atoms with Crippen LogP contribution < -0.4 is 15.5 Å². The first-order chi connectivity index (χ1) is 12.6. The molecule has 1 aromatic heterocycles. The second-order valence-electron chi connectivity index (χ2n) is 6.80. The fraction of sp³-hybridized carbons (Fsp3) is 0.400. The molecule has 2 N–H and O–H groups in total. The molecule has 26 heavy (non-hydrogen) atoms. The van der Waals surface area contributed by atoms with Gasteiger partial charge in [-0.25, -0.2) is 4.98 Å². The molecule has 2 heterocycles. The summed E-state index contributed by atoms with van der Waals surface area (Å²) >= 11 is 0. The van der Waals surface area contributed by atoms with Gasteiger partial charge in [-0.05, 0) is 31.8 Å². The number of piperazine rings is 1. The molecule has 6 nitrogen and oxygen atoms in total. The number of likely N-dealkylation sites (N-methyl/N-ethyl adjacent to an activating group) is 1. The average Bonchev–Trinajstić information content (AvgIpc) is 2.68. The van der Waals surface area contributed by atoms with Crippen LogP contribution in [0.3, 0.4) is 0 Å². The Labute approximate surface area is 155 Å². The van der Waals surface area contributed by atoms with Crippen molar-refractivity contribution in [3.8, 4) is 0 Å². The van der Waals surface area contributed by atoms with Crippen molar-refractivity contribution in [3.05, 3.63) is 59.8 Å². The fourth-order valence-corrected chi connectivity index (χ4v) is 3.08. The van der Waals surface area contributed by atoms with Crippen LogP contribution >= 0.6 is 0 Å². The van der Waals surface area contributed by atoms with E-state index in [9.17, 15) is 4.79 Å². The molecule has 1 amide bonds. The van der Waals surface area contributed by atoms with Crippen LogP contribution in [0.15, 0.2) is 48.5 Å². The molecule has 1 aliphatic heterocycles. The molecular formula is C20H27N5O. The lowest BCUT2D eigenvalue weighted by Crippen LogP contribution is -2.46. The number of hydrogen-bond donors (Lipinski definition) is 2. The number of pyridine rings is 1. The molecule has 1 aromatic carbocycles. The summed E-state index contributed by atoms with van der Waals surface area (Å²) in [5.74, 6) is 0.733. The van der Waals surface area contributed by atoms with Gasteiger partial charge in [0.15, 0.2) is 0 Å². The van der Waals surface area contributed by atoms with Crippen LogP contribution in [0.1, 0.15) is 22.1 Å². The Hall–Kier alpha value is -2.44. The number of aromatic nitrogens is 1. The molecular weight excluding hydrogens is 326 g/mol. The van der Waals surface area contributed by atoms with Gasteiger partial charge in [0.1, 0.15) is 11.5 Å². The molecule has 3 rings (SSSR count). The molecule has 1 saturated heterocycles. The second-order valence-corrected chi connectivity index (χ2v) is 6.80. The quantitative estimate of drug-likeness (QED) is 0.825. The number of carbonyl (C=O) groups is 1. The Bertz CT molecular complexity index is 719. The van der Waals surface area contributed by atoms with E-state index in [1.807, 2.05) is 37.2 Å². The van der Waals surface area contributed by atoms with Crippen LogP contribution in [0, 0.1) is 0 Å². The smallest absolute Gasteiger partial charge is 0.270 e. The van der Waals surface area contributed by atoms with Crippen molar-refractivity contribution in [1.29, 1.82) is 0 Å². The number of amides is 1. The van der Waals surface area contributed by atoms with Gasteiger partial charge in [0.05, 0.1) is 0 Å². The molecule has 0 spiro atoms. The van der Waals surface area contributed by atoms with Gasteiger partial charge in [-0.1, -0.05) is 36.4 Å². The minimum atomic E-state index is -0.122. The predicted octanol–water partition coefficient (Wildman–Crippen LogP) is 1.52. The first kappa shape index (κ1) is 18.4. The van der Waals surface area contributed by atoms with Crippen LogP contribution in [0.5, 0.6) is 0 Å². The topological polar surface area (TPSA) is 60.5 Å². The summed E-state index contributed by atoms with van der Waals surface area (Å²) in [6.45, 7) is 4.02. The van der Waals surface area contributed by atoms with Gasteiger partial charge in [-0.15, -0.1) is 0 Å². The van der Waals surface area contributed by atoms with Gasteiger partial charge in [0, 0.05) is 38.8 Å². The maximum Gasteiger partial charge on any atom is 0.270 e. The van der Waals surface area contributed by atoms with Crippen molar-refractivity contribution in [2.75, 3.05) is 51.7 Å². The molecule has 138 valence electrons. The van der Waals surface area contributed by atoms with E-state index in [2.05, 4.69) is 44.8 Å². The monoisotopic (exact) mass is 353 g/mol. The highest BCUT2D eigenvalue weighted by molar-refractivity contribution is 5.92. The lowest BCUT2D eigenvalue weighted by atomic mass is 10.0. The predicted molar refractivity (Wildman–Crippen MR) is 105 cm³/mol. The normalized spacial score (nSPS) is 17.3. The van der Waals surface area contributed by atoms with Crippen LogP contribution in [-0.2, 0) is 0 Å². The maximum absolute atomic E-state index is 12.3. The van der Waals surface area contributed by atoms with Crippen molar-refractivity contribution in [1.82, 2.24) is 20.5 Å². The maximum atomic E-state index is 12.3. The Balaban J connectivity index is 1.66. The number of anilines is 1. The summed E-state index contributed by atoms with van der Waals surface area (Å²) in [6, 6.07) is 16.4. The van der Waals surface area contributed by atoms with Crippen LogP contribution in [0.2, 0.25) is 0 Å². The Morgan fingerprint density at radius 3 is 2.81 bits per heavy atom. The average molecular weight is 353 g/mol. The van der Waals surface area contributed by atoms with E-state index in [4.69, 9.17) is 0 Å². The SMILES string of the molecule is CN(C)CCNC(=O)c1cccc(N2CCN[C@H](c3ccccc3)C2)n1. The third kappa shape index (κ3) is 4.80. The number of carbonyl (C=O) groups excluding carboxylic acids is 1. The lowest BCUT2D eigenvalue weighted by Gasteiger charge is -2.35. The molecule has 2 aromatic rings. The Morgan fingerprint density at radius 2 is 2.04 bits per heavy atom. The zero-order valence-electron chi connectivity index (χ0n) is 15.5. The van der Waals surface area contributed by atoms with Crippen LogP contribution in [0.25, 0.3) is 0 Å². The van der Waals surface area contributed by atoms with Crippen molar-refractivity contribution < 1.29 is 4.79 Å². The van der Waals surface area contributed by atoms with E-state index in [0.717, 1.165) is 32.0 Å². The Kier molecular flexibility index (Phi) is 6.20. The molecule has 0 saturated carbocycles. The molecule has 0 unspecified atom stereocenters. The highest BCUT2D eigenvalue weighted by Gasteiger charge is 2.22. The number of hydrogen-bond acceptors (Lipinski definition) is 5. The molecule has 0 aliphatic carbocycles. The van der Waals surface area contributed by atoms with E-state index in [1.54, 1.807) is 6.07 Å². The van der Waals surface area contributed by atoms with Gasteiger partial charge in [-0.3, -0.25) is 4.79 Å². The standard InChI is InChI=1S/C20H27N5O/c1-24(2)13-11-22-20(26)17-9-6-10-19(23-17)25-14-12-21-18(15-25)16-7-4-3-5-8-16/h3-10,18,21H,11-15H2,1-2H3,(H,22,26)/t18-/m0/s1. The zero-order valence-corrected chi connectivity index (χ0v) is 15.5. The number of rotatable bonds is 6. The minimum Gasteiger partial charge on any atom is -0.353 e. The molecule has 6 heteroatoms. The highest BCUT2D eigenvalue weighted by Crippen LogP contribution is 2.21. The summed E-state index contributed by atoms with van der Waals surface area (Å²) in [4.78, 5) is 21.2. The van der Waals surface area contributed by atoms with E-state index in [1.165, 1.54) is 5.56 Å². The van der Waals surface area contributed by atoms with Crippen molar-refractivity contribution in [2.24, 2.45) is 0 Å². The zero-order chi connectivity index (χ0) is 18.4. The van der Waals surface area contributed by atoms with Gasteiger partial charge in [0.25, 0.3) is 5.91 Å². The molecule has 1 aliphatic rings. The number of nitrogens with one attached hydrogen (secondary N) is 2. The fourth-order valence-electron chi connectivity index (χ4n) is 3.08. The summed E-state index contributed by atoms with van der Waals surface area (Å²) in [6.07, 6.45) is 0. The Morgan fingerprint density at radius 1 is 1.23 bits per heavy atom. The van der Waals surface area contributed by atoms with E-state index in [0.29, 0.717) is 12.2 Å². The molecule has 1 atom stereocenters. The van der Waals surface area contributed by atoms with E-state index < -0.39 is 0 Å². The highest BCUT2D eigenvalue weighted by atomic mass is 16.1. The molecule has 0 bridgehead atoms. The summed E-state index contributed by atoms with van der Waals surface area (Å²) in [5, 5.41) is 6.48. The molecule has 1 fully saturated rings. The van der Waals surface area contributed by atoms with Crippen molar-refractivity contribution in [3.63, 3.8) is 0 Å². The lowest BCUT2D eigenvalue weighted by molar-refractivity contribution is 0.0946. The first-order valence-electron chi connectivity index (χ1n) is 9.07. The van der Waals surface area contributed by atoms with E-state index in [-0.39, 0.29) is 11.9 Å². The van der Waals surface area contributed by atoms with Crippen molar-refractivity contribution >= 4 is 11.7 Å². The van der Waals surface area contributed by atoms with Crippen LogP contribution in [-0.4, -0.2) is 62.6 Å². The molecule has 0 radical (unpaired) electrons.